The fourth-order valence-corrected chi connectivity index (χ4v) is 5.95. The predicted octanol–water partition coefficient (Wildman–Crippen LogP) is 5.54. The zero-order valence-electron chi connectivity index (χ0n) is 20.3. The number of carbonyl (C=O) groups is 1. The van der Waals surface area contributed by atoms with Gasteiger partial charge in [-0.25, -0.2) is 9.97 Å². The Kier molecular flexibility index (Phi) is 6.15. The molecule has 6 nitrogen and oxygen atoms in total. The van der Waals surface area contributed by atoms with E-state index in [0.717, 1.165) is 76.5 Å². The summed E-state index contributed by atoms with van der Waals surface area (Å²) in [6.07, 6.45) is 6.87. The third-order valence-corrected chi connectivity index (χ3v) is 7.93. The predicted molar refractivity (Wildman–Crippen MR) is 146 cm³/mol. The molecule has 0 atom stereocenters. The normalized spacial score (nSPS) is 16.9. The minimum absolute atomic E-state index is 0.120. The third-order valence-electron chi connectivity index (χ3n) is 7.10. The lowest BCUT2D eigenvalue weighted by molar-refractivity contribution is 0.0747. The molecule has 1 aliphatic heterocycles. The van der Waals surface area contributed by atoms with Crippen LogP contribution in [0.15, 0.2) is 60.1 Å². The quantitative estimate of drug-likeness (QED) is 0.371. The number of piperazine rings is 1. The van der Waals surface area contributed by atoms with Crippen LogP contribution in [-0.4, -0.2) is 54.1 Å². The first-order chi connectivity index (χ1) is 17.7. The Morgan fingerprint density at radius 1 is 1.03 bits per heavy atom. The van der Waals surface area contributed by atoms with Crippen molar-refractivity contribution in [2.75, 3.05) is 38.2 Å². The average Bonchev–Trinajstić information content (AvgIpc) is 3.47. The second kappa shape index (κ2) is 9.74. The number of allylic oxidation sites excluding steroid dienone is 1. The monoisotopic (exact) mass is 496 g/mol. The molecule has 2 aromatic heterocycles. The summed E-state index contributed by atoms with van der Waals surface area (Å²) in [5, 5.41) is 3.98. The number of para-hydroxylation sites is 1. The Balaban J connectivity index is 1.37. The lowest BCUT2D eigenvalue weighted by Gasteiger charge is -2.35. The molecule has 0 bridgehead atoms. The highest BCUT2D eigenvalue weighted by molar-refractivity contribution is 7.13. The number of carbonyl (C=O) groups excluding carboxylic acids is 1. The van der Waals surface area contributed by atoms with Crippen molar-refractivity contribution in [3.05, 3.63) is 82.5 Å². The van der Waals surface area contributed by atoms with Crippen LogP contribution in [-0.2, 0) is 6.42 Å². The van der Waals surface area contributed by atoms with Crippen LogP contribution in [0.1, 0.15) is 40.0 Å². The van der Waals surface area contributed by atoms with Gasteiger partial charge < -0.3 is 14.5 Å². The average molecular weight is 497 g/mol. The van der Waals surface area contributed by atoms with E-state index in [-0.39, 0.29) is 5.91 Å². The maximum atomic E-state index is 14.0. The molecule has 0 saturated carbocycles. The van der Waals surface area contributed by atoms with Gasteiger partial charge in [-0.2, -0.15) is 0 Å². The van der Waals surface area contributed by atoms with Crippen molar-refractivity contribution in [2.24, 2.45) is 0 Å². The number of fused-ring (bicyclic) bond motifs is 2. The molecule has 1 aliphatic carbocycles. The first-order valence-electron chi connectivity index (χ1n) is 12.4. The molecule has 0 radical (unpaired) electrons. The van der Waals surface area contributed by atoms with Crippen LogP contribution in [0.2, 0.25) is 0 Å². The minimum atomic E-state index is 0.120. The van der Waals surface area contributed by atoms with Crippen LogP contribution in [0, 0.1) is 0 Å². The molecule has 4 aromatic rings. The SMILES string of the molecule is COc1ccc(/C=C2\CCCc3c2nc2ccccc2c3C(=O)N2CCN(c3nccs3)CC2)cc1. The number of thiazole rings is 1. The van der Waals surface area contributed by atoms with Crippen molar-refractivity contribution in [1.29, 1.82) is 0 Å². The third kappa shape index (κ3) is 4.24. The van der Waals surface area contributed by atoms with Gasteiger partial charge in [-0.15, -0.1) is 11.3 Å². The van der Waals surface area contributed by atoms with Crippen LogP contribution in [0.5, 0.6) is 5.75 Å². The first-order valence-corrected chi connectivity index (χ1v) is 13.3. The summed E-state index contributed by atoms with van der Waals surface area (Å²) in [5.41, 5.74) is 6.07. The van der Waals surface area contributed by atoms with Crippen molar-refractivity contribution in [3.63, 3.8) is 0 Å². The highest BCUT2D eigenvalue weighted by Gasteiger charge is 2.30. The van der Waals surface area contributed by atoms with Gasteiger partial charge >= 0.3 is 0 Å². The number of benzene rings is 2. The van der Waals surface area contributed by atoms with Crippen LogP contribution in [0.4, 0.5) is 5.13 Å². The molecule has 1 saturated heterocycles. The maximum absolute atomic E-state index is 14.0. The number of anilines is 1. The molecular formula is C29H28N4O2S. The number of amides is 1. The second-order valence-corrected chi connectivity index (χ2v) is 10.1. The Hall–Kier alpha value is -3.71. The van der Waals surface area contributed by atoms with E-state index >= 15 is 0 Å². The molecule has 1 fully saturated rings. The summed E-state index contributed by atoms with van der Waals surface area (Å²) in [6.45, 7) is 2.98. The van der Waals surface area contributed by atoms with Gasteiger partial charge in [0.1, 0.15) is 5.75 Å². The fraction of sp³-hybridized carbons (Fsp3) is 0.276. The van der Waals surface area contributed by atoms with E-state index < -0.39 is 0 Å². The number of rotatable bonds is 4. The van der Waals surface area contributed by atoms with E-state index in [2.05, 4.69) is 28.1 Å². The molecule has 0 unspecified atom stereocenters. The zero-order chi connectivity index (χ0) is 24.5. The number of methoxy groups -OCH3 is 1. The number of nitrogens with zero attached hydrogens (tertiary/aromatic N) is 4. The summed E-state index contributed by atoms with van der Waals surface area (Å²) >= 11 is 1.65. The molecular weight excluding hydrogens is 468 g/mol. The lowest BCUT2D eigenvalue weighted by atomic mass is 9.85. The number of ether oxygens (including phenoxy) is 1. The maximum Gasteiger partial charge on any atom is 0.255 e. The summed E-state index contributed by atoms with van der Waals surface area (Å²) in [4.78, 5) is 27.8. The van der Waals surface area contributed by atoms with E-state index in [4.69, 9.17) is 9.72 Å². The Labute approximate surface area is 214 Å². The first kappa shape index (κ1) is 22.7. The topological polar surface area (TPSA) is 58.6 Å². The number of hydrogen-bond donors (Lipinski definition) is 0. The largest absolute Gasteiger partial charge is 0.497 e. The van der Waals surface area contributed by atoms with Crippen LogP contribution in [0.3, 0.4) is 0 Å². The van der Waals surface area contributed by atoms with Crippen LogP contribution < -0.4 is 9.64 Å². The van der Waals surface area contributed by atoms with Gasteiger partial charge in [0.2, 0.25) is 0 Å². The molecule has 0 spiro atoms. The van der Waals surface area contributed by atoms with E-state index in [1.807, 2.05) is 52.9 Å². The van der Waals surface area contributed by atoms with Crippen molar-refractivity contribution >= 4 is 44.9 Å². The Morgan fingerprint density at radius 2 is 1.83 bits per heavy atom. The molecule has 182 valence electrons. The number of hydrogen-bond acceptors (Lipinski definition) is 6. The summed E-state index contributed by atoms with van der Waals surface area (Å²) in [7, 11) is 1.68. The molecule has 1 amide bonds. The van der Waals surface area contributed by atoms with Gasteiger partial charge in [0.25, 0.3) is 5.91 Å². The molecule has 3 heterocycles. The number of pyridine rings is 1. The summed E-state index contributed by atoms with van der Waals surface area (Å²) in [5.74, 6) is 0.961. The lowest BCUT2D eigenvalue weighted by Crippen LogP contribution is -2.49. The van der Waals surface area contributed by atoms with Crippen molar-refractivity contribution in [1.82, 2.24) is 14.9 Å². The smallest absolute Gasteiger partial charge is 0.255 e. The minimum Gasteiger partial charge on any atom is -0.497 e. The molecule has 36 heavy (non-hydrogen) atoms. The summed E-state index contributed by atoms with van der Waals surface area (Å²) < 4.78 is 5.31. The Bertz CT molecular complexity index is 1420. The molecule has 7 heteroatoms. The molecule has 0 N–H and O–H groups in total. The van der Waals surface area contributed by atoms with Gasteiger partial charge in [0.05, 0.1) is 23.9 Å². The van der Waals surface area contributed by atoms with Crippen LogP contribution >= 0.6 is 11.3 Å². The van der Waals surface area contributed by atoms with Crippen molar-refractivity contribution in [3.8, 4) is 5.75 Å². The van der Waals surface area contributed by atoms with E-state index in [1.165, 1.54) is 5.57 Å². The Morgan fingerprint density at radius 3 is 2.58 bits per heavy atom. The van der Waals surface area contributed by atoms with E-state index in [1.54, 1.807) is 18.4 Å². The van der Waals surface area contributed by atoms with Crippen molar-refractivity contribution < 1.29 is 9.53 Å². The standard InChI is InChI=1S/C29H28N4O2S/c1-35-22-11-9-20(10-12-22)19-21-5-4-7-24-26(23-6-2-3-8-25(23)31-27(21)24)28(34)32-14-16-33(17-15-32)29-30-13-18-36-29/h2-3,6,8-13,18-19H,4-5,7,14-17H2,1H3/b21-19+. The molecule has 6 rings (SSSR count). The van der Waals surface area contributed by atoms with Gasteiger partial charge in [-0.1, -0.05) is 30.3 Å². The van der Waals surface area contributed by atoms with E-state index in [0.29, 0.717) is 13.1 Å². The van der Waals surface area contributed by atoms with Gasteiger partial charge in [0.15, 0.2) is 5.13 Å². The van der Waals surface area contributed by atoms with Crippen LogP contribution in [0.25, 0.3) is 22.6 Å². The molecule has 2 aromatic carbocycles. The fourth-order valence-electron chi connectivity index (χ4n) is 5.25. The number of aromatic nitrogens is 2. The summed E-state index contributed by atoms with van der Waals surface area (Å²) in [6, 6.07) is 16.2. The van der Waals surface area contributed by atoms with Gasteiger partial charge in [-0.3, -0.25) is 4.79 Å². The van der Waals surface area contributed by atoms with E-state index in [9.17, 15) is 4.79 Å². The van der Waals surface area contributed by atoms with Crippen molar-refractivity contribution in [2.45, 2.75) is 19.3 Å². The highest BCUT2D eigenvalue weighted by Crippen LogP contribution is 2.37. The second-order valence-electron chi connectivity index (χ2n) is 9.22. The molecule has 2 aliphatic rings. The zero-order valence-corrected chi connectivity index (χ0v) is 21.1. The van der Waals surface area contributed by atoms with Gasteiger partial charge in [-0.05, 0) is 60.2 Å². The van der Waals surface area contributed by atoms with Gasteiger partial charge in [0, 0.05) is 43.1 Å². The highest BCUT2D eigenvalue weighted by atomic mass is 32.1.